The maximum atomic E-state index is 10.7. The number of amides is 1. The summed E-state index contributed by atoms with van der Waals surface area (Å²) in [7, 11) is 2.03. The number of hydrogen-bond donors (Lipinski definition) is 2. The Morgan fingerprint density at radius 3 is 2.38 bits per heavy atom. The van der Waals surface area contributed by atoms with Crippen molar-refractivity contribution in [2.75, 3.05) is 13.6 Å². The van der Waals surface area contributed by atoms with Gasteiger partial charge in [-0.3, -0.25) is 4.79 Å². The highest BCUT2D eigenvalue weighted by atomic mass is 16.1. The van der Waals surface area contributed by atoms with Gasteiger partial charge in [-0.1, -0.05) is 0 Å². The summed E-state index contributed by atoms with van der Waals surface area (Å²) >= 11 is 0. The van der Waals surface area contributed by atoms with E-state index in [4.69, 9.17) is 0 Å². The summed E-state index contributed by atoms with van der Waals surface area (Å²) in [6, 6.07) is 0.702. The van der Waals surface area contributed by atoms with Crippen LogP contribution in [0.2, 0.25) is 0 Å². The van der Waals surface area contributed by atoms with E-state index in [1.165, 1.54) is 25.7 Å². The van der Waals surface area contributed by atoms with Crippen LogP contribution >= 0.6 is 0 Å². The molecule has 1 fully saturated rings. The molecular formula is C10H20N2O. The number of carbonyl (C=O) groups is 1. The molecule has 0 aromatic rings. The summed E-state index contributed by atoms with van der Waals surface area (Å²) in [5, 5.41) is 6.19. The Balaban J connectivity index is 2.14. The van der Waals surface area contributed by atoms with Gasteiger partial charge < -0.3 is 10.6 Å². The van der Waals surface area contributed by atoms with Crippen LogP contribution in [0.3, 0.4) is 0 Å². The van der Waals surface area contributed by atoms with Crippen LogP contribution in [0.1, 0.15) is 32.6 Å². The van der Waals surface area contributed by atoms with E-state index in [2.05, 4.69) is 10.6 Å². The Labute approximate surface area is 80.3 Å². The molecule has 1 amide bonds. The number of nitrogens with one attached hydrogen (secondary N) is 2. The van der Waals surface area contributed by atoms with Gasteiger partial charge in [-0.25, -0.2) is 0 Å². The number of rotatable bonds is 3. The van der Waals surface area contributed by atoms with Gasteiger partial charge in [0.1, 0.15) is 0 Å². The van der Waals surface area contributed by atoms with Crippen LogP contribution in [0.15, 0.2) is 0 Å². The van der Waals surface area contributed by atoms with Crippen molar-refractivity contribution in [1.82, 2.24) is 10.6 Å². The van der Waals surface area contributed by atoms with E-state index in [9.17, 15) is 4.79 Å². The van der Waals surface area contributed by atoms with Crippen LogP contribution in [-0.4, -0.2) is 25.5 Å². The smallest absolute Gasteiger partial charge is 0.216 e. The molecule has 0 aromatic heterocycles. The van der Waals surface area contributed by atoms with E-state index in [1.54, 1.807) is 6.92 Å². The van der Waals surface area contributed by atoms with Gasteiger partial charge in [-0.05, 0) is 38.6 Å². The fraction of sp³-hybridized carbons (Fsp3) is 0.900. The summed E-state index contributed by atoms with van der Waals surface area (Å²) < 4.78 is 0. The highest BCUT2D eigenvalue weighted by molar-refractivity contribution is 5.72. The van der Waals surface area contributed by atoms with E-state index in [-0.39, 0.29) is 5.91 Å². The monoisotopic (exact) mass is 184 g/mol. The predicted molar refractivity (Wildman–Crippen MR) is 53.5 cm³/mol. The van der Waals surface area contributed by atoms with E-state index in [1.807, 2.05) is 7.05 Å². The predicted octanol–water partition coefficient (Wildman–Crippen LogP) is 0.901. The first-order valence-electron chi connectivity index (χ1n) is 5.14. The second-order valence-corrected chi connectivity index (χ2v) is 3.94. The van der Waals surface area contributed by atoms with Crippen molar-refractivity contribution in [2.45, 2.75) is 38.6 Å². The second-order valence-electron chi connectivity index (χ2n) is 3.94. The Kier molecular flexibility index (Phi) is 4.22. The quantitative estimate of drug-likeness (QED) is 0.684. The maximum Gasteiger partial charge on any atom is 0.216 e. The number of hydrogen-bond acceptors (Lipinski definition) is 2. The molecule has 0 aromatic carbocycles. The first-order valence-corrected chi connectivity index (χ1v) is 5.14. The molecule has 2 N–H and O–H groups in total. The first kappa shape index (κ1) is 10.5. The molecule has 3 heteroatoms. The van der Waals surface area contributed by atoms with Gasteiger partial charge in [0.25, 0.3) is 0 Å². The molecule has 1 saturated carbocycles. The Morgan fingerprint density at radius 2 is 1.92 bits per heavy atom. The van der Waals surface area contributed by atoms with Gasteiger partial charge in [0.15, 0.2) is 0 Å². The van der Waals surface area contributed by atoms with Crippen molar-refractivity contribution in [3.05, 3.63) is 0 Å². The molecule has 0 bridgehead atoms. The van der Waals surface area contributed by atoms with Gasteiger partial charge in [0.2, 0.25) is 5.91 Å². The van der Waals surface area contributed by atoms with Crippen LogP contribution in [-0.2, 0) is 4.79 Å². The average molecular weight is 184 g/mol. The van der Waals surface area contributed by atoms with Crippen molar-refractivity contribution in [1.29, 1.82) is 0 Å². The first-order chi connectivity index (χ1) is 6.22. The second kappa shape index (κ2) is 5.22. The summed E-state index contributed by atoms with van der Waals surface area (Å²) in [6.07, 6.45) is 4.99. The third-order valence-electron chi connectivity index (χ3n) is 2.89. The van der Waals surface area contributed by atoms with Gasteiger partial charge in [-0.2, -0.15) is 0 Å². The fourth-order valence-electron chi connectivity index (χ4n) is 1.94. The maximum absolute atomic E-state index is 10.7. The molecule has 1 rings (SSSR count). The molecule has 0 heterocycles. The van der Waals surface area contributed by atoms with Crippen molar-refractivity contribution < 1.29 is 4.79 Å². The lowest BCUT2D eigenvalue weighted by atomic mass is 9.86. The van der Waals surface area contributed by atoms with Crippen molar-refractivity contribution in [3.63, 3.8) is 0 Å². The Bertz CT molecular complexity index is 162. The van der Waals surface area contributed by atoms with Crippen LogP contribution in [0.4, 0.5) is 0 Å². The lowest BCUT2D eigenvalue weighted by molar-refractivity contribution is -0.119. The molecule has 76 valence electrons. The molecule has 1 aliphatic carbocycles. The number of carbonyl (C=O) groups excluding carboxylic acids is 1. The summed E-state index contributed by atoms with van der Waals surface area (Å²) in [5.41, 5.74) is 0. The van der Waals surface area contributed by atoms with Crippen molar-refractivity contribution in [3.8, 4) is 0 Å². The fourth-order valence-corrected chi connectivity index (χ4v) is 1.94. The Hall–Kier alpha value is -0.570. The molecule has 0 unspecified atom stereocenters. The molecule has 0 saturated heterocycles. The standard InChI is InChI=1S/C10H20N2O/c1-8(13)12-7-9-3-5-10(11-2)6-4-9/h9-11H,3-7H2,1-2H3,(H,12,13). The molecule has 0 spiro atoms. The van der Waals surface area contributed by atoms with Crippen LogP contribution in [0.25, 0.3) is 0 Å². The zero-order chi connectivity index (χ0) is 9.68. The highest BCUT2D eigenvalue weighted by Crippen LogP contribution is 2.23. The third-order valence-corrected chi connectivity index (χ3v) is 2.89. The zero-order valence-electron chi connectivity index (χ0n) is 8.60. The van der Waals surface area contributed by atoms with Crippen LogP contribution < -0.4 is 10.6 Å². The summed E-state index contributed by atoms with van der Waals surface area (Å²) in [4.78, 5) is 10.7. The minimum atomic E-state index is 0.0933. The van der Waals surface area contributed by atoms with Crippen LogP contribution in [0, 0.1) is 5.92 Å². The lowest BCUT2D eigenvalue weighted by Crippen LogP contribution is -2.34. The topological polar surface area (TPSA) is 41.1 Å². The molecule has 3 nitrogen and oxygen atoms in total. The minimum Gasteiger partial charge on any atom is -0.356 e. The molecule has 0 aliphatic heterocycles. The summed E-state index contributed by atoms with van der Waals surface area (Å²) in [5.74, 6) is 0.796. The van der Waals surface area contributed by atoms with Crippen molar-refractivity contribution in [2.24, 2.45) is 5.92 Å². The van der Waals surface area contributed by atoms with E-state index in [0.717, 1.165) is 6.54 Å². The molecule has 13 heavy (non-hydrogen) atoms. The van der Waals surface area contributed by atoms with Gasteiger partial charge in [0.05, 0.1) is 0 Å². The van der Waals surface area contributed by atoms with Crippen molar-refractivity contribution >= 4 is 5.91 Å². The van der Waals surface area contributed by atoms with Gasteiger partial charge >= 0.3 is 0 Å². The largest absolute Gasteiger partial charge is 0.356 e. The third kappa shape index (κ3) is 3.77. The summed E-state index contributed by atoms with van der Waals surface area (Å²) in [6.45, 7) is 2.45. The Morgan fingerprint density at radius 1 is 1.31 bits per heavy atom. The SMILES string of the molecule is CNC1CCC(CNC(C)=O)CC1. The lowest BCUT2D eigenvalue weighted by Gasteiger charge is -2.28. The molecule has 1 aliphatic rings. The highest BCUT2D eigenvalue weighted by Gasteiger charge is 2.19. The van der Waals surface area contributed by atoms with E-state index < -0.39 is 0 Å². The van der Waals surface area contributed by atoms with Gasteiger partial charge in [-0.15, -0.1) is 0 Å². The molecular weight excluding hydrogens is 164 g/mol. The molecule has 0 radical (unpaired) electrons. The zero-order valence-corrected chi connectivity index (χ0v) is 8.60. The van der Waals surface area contributed by atoms with E-state index >= 15 is 0 Å². The van der Waals surface area contributed by atoms with E-state index in [0.29, 0.717) is 12.0 Å². The minimum absolute atomic E-state index is 0.0933. The van der Waals surface area contributed by atoms with Crippen LogP contribution in [0.5, 0.6) is 0 Å². The normalized spacial score (nSPS) is 28.5. The van der Waals surface area contributed by atoms with Gasteiger partial charge in [0, 0.05) is 19.5 Å². The average Bonchev–Trinajstić information content (AvgIpc) is 2.15. The molecule has 0 atom stereocenters.